The van der Waals surface area contributed by atoms with Crippen LogP contribution < -0.4 is 10.6 Å². The standard InChI is InChI=1S/C24H26F3N5O3/c25-24(26,27)18-8-4-3-7-17(18)23(35)32-13-9-16(10-14-32)30-22(34)19-20(29-12-11-28-19)31-21(33)15-5-1-2-6-15/h3-4,7-8,11-12,15-16H,1-2,5-6,9-10,13-14H2,(H,30,34)(H,29,31,33). The van der Waals surface area contributed by atoms with Crippen molar-refractivity contribution in [2.75, 3.05) is 18.4 Å². The first-order valence-electron chi connectivity index (χ1n) is 11.6. The molecule has 35 heavy (non-hydrogen) atoms. The zero-order valence-corrected chi connectivity index (χ0v) is 19.0. The number of rotatable bonds is 5. The van der Waals surface area contributed by atoms with E-state index in [0.717, 1.165) is 31.7 Å². The number of halogens is 3. The lowest BCUT2D eigenvalue weighted by atomic mass is 10.0. The summed E-state index contributed by atoms with van der Waals surface area (Å²) < 4.78 is 39.9. The number of carbonyl (C=O) groups is 3. The van der Waals surface area contributed by atoms with Gasteiger partial charge < -0.3 is 15.5 Å². The number of nitrogens with one attached hydrogen (secondary N) is 2. The number of anilines is 1. The molecule has 8 nitrogen and oxygen atoms in total. The molecule has 1 aromatic heterocycles. The molecular weight excluding hydrogens is 463 g/mol. The highest BCUT2D eigenvalue weighted by Crippen LogP contribution is 2.33. The van der Waals surface area contributed by atoms with Gasteiger partial charge in [0, 0.05) is 37.4 Å². The van der Waals surface area contributed by atoms with Crippen molar-refractivity contribution in [3.63, 3.8) is 0 Å². The molecule has 2 fully saturated rings. The van der Waals surface area contributed by atoms with Gasteiger partial charge in [0.25, 0.3) is 11.8 Å². The van der Waals surface area contributed by atoms with Gasteiger partial charge in [0.2, 0.25) is 5.91 Å². The van der Waals surface area contributed by atoms with Crippen LogP contribution in [0.25, 0.3) is 0 Å². The fourth-order valence-corrected chi connectivity index (χ4v) is 4.57. The number of nitrogens with zero attached hydrogens (tertiary/aromatic N) is 3. The minimum absolute atomic E-state index is 0.00328. The predicted molar refractivity (Wildman–Crippen MR) is 120 cm³/mol. The molecule has 3 amide bonds. The Bertz CT molecular complexity index is 1090. The normalized spacial score (nSPS) is 17.3. The van der Waals surface area contributed by atoms with Gasteiger partial charge >= 0.3 is 6.18 Å². The van der Waals surface area contributed by atoms with E-state index >= 15 is 0 Å². The molecule has 1 saturated heterocycles. The number of hydrogen-bond donors (Lipinski definition) is 2. The molecule has 1 aromatic carbocycles. The summed E-state index contributed by atoms with van der Waals surface area (Å²) in [5, 5.41) is 5.55. The Hall–Kier alpha value is -3.50. The molecule has 1 aliphatic heterocycles. The van der Waals surface area contributed by atoms with E-state index < -0.39 is 23.6 Å². The number of benzene rings is 1. The monoisotopic (exact) mass is 489 g/mol. The van der Waals surface area contributed by atoms with Crippen LogP contribution in [0.5, 0.6) is 0 Å². The zero-order valence-electron chi connectivity index (χ0n) is 19.0. The molecule has 1 saturated carbocycles. The van der Waals surface area contributed by atoms with Crippen LogP contribution in [0.1, 0.15) is 64.9 Å². The molecule has 2 N–H and O–H groups in total. The van der Waals surface area contributed by atoms with Crippen molar-refractivity contribution >= 4 is 23.5 Å². The summed E-state index contributed by atoms with van der Waals surface area (Å²) in [7, 11) is 0. The maximum atomic E-state index is 13.3. The molecule has 0 atom stereocenters. The van der Waals surface area contributed by atoms with Crippen LogP contribution >= 0.6 is 0 Å². The number of aromatic nitrogens is 2. The minimum atomic E-state index is -4.62. The minimum Gasteiger partial charge on any atom is -0.348 e. The first kappa shape index (κ1) is 24.6. The van der Waals surface area contributed by atoms with Crippen LogP contribution in [0.2, 0.25) is 0 Å². The fraction of sp³-hybridized carbons (Fsp3) is 0.458. The maximum absolute atomic E-state index is 13.3. The smallest absolute Gasteiger partial charge is 0.348 e. The number of hydrogen-bond acceptors (Lipinski definition) is 5. The molecule has 186 valence electrons. The molecule has 11 heteroatoms. The van der Waals surface area contributed by atoms with Crippen LogP contribution in [0, 0.1) is 5.92 Å². The summed E-state index contributed by atoms with van der Waals surface area (Å²) in [6, 6.07) is 4.42. The van der Waals surface area contributed by atoms with E-state index in [4.69, 9.17) is 0 Å². The first-order valence-corrected chi connectivity index (χ1v) is 11.6. The Morgan fingerprint density at radius 1 is 0.943 bits per heavy atom. The van der Waals surface area contributed by atoms with Crippen molar-refractivity contribution in [2.45, 2.75) is 50.7 Å². The molecule has 0 unspecified atom stereocenters. The molecule has 0 bridgehead atoms. The third-order valence-corrected chi connectivity index (χ3v) is 6.46. The van der Waals surface area contributed by atoms with Crippen LogP contribution in [0.3, 0.4) is 0 Å². The van der Waals surface area contributed by atoms with E-state index in [1.807, 2.05) is 0 Å². The molecule has 2 heterocycles. The van der Waals surface area contributed by atoms with Crippen LogP contribution in [-0.2, 0) is 11.0 Å². The van der Waals surface area contributed by atoms with Crippen molar-refractivity contribution < 1.29 is 27.6 Å². The number of carbonyl (C=O) groups excluding carboxylic acids is 3. The molecular formula is C24H26F3N5O3. The third-order valence-electron chi connectivity index (χ3n) is 6.46. The lowest BCUT2D eigenvalue weighted by Crippen LogP contribution is -2.47. The second-order valence-electron chi connectivity index (χ2n) is 8.81. The van der Waals surface area contributed by atoms with E-state index in [1.165, 1.54) is 35.5 Å². The van der Waals surface area contributed by atoms with Gasteiger partial charge in [0.05, 0.1) is 11.1 Å². The van der Waals surface area contributed by atoms with Crippen LogP contribution in [-0.4, -0.2) is 51.7 Å². The van der Waals surface area contributed by atoms with Crippen molar-refractivity contribution in [3.05, 3.63) is 53.5 Å². The number of likely N-dealkylation sites (tertiary alicyclic amines) is 1. The lowest BCUT2D eigenvalue weighted by Gasteiger charge is -2.33. The SMILES string of the molecule is O=C(NC1CCN(C(=O)c2ccccc2C(F)(F)F)CC1)c1nccnc1NC(=O)C1CCCC1. The summed E-state index contributed by atoms with van der Waals surface area (Å²) in [5.41, 5.74) is -1.35. The summed E-state index contributed by atoms with van der Waals surface area (Å²) >= 11 is 0. The van der Waals surface area contributed by atoms with Crippen molar-refractivity contribution in [1.82, 2.24) is 20.2 Å². The average molecular weight is 489 g/mol. The first-order chi connectivity index (χ1) is 16.7. The zero-order chi connectivity index (χ0) is 25.0. The van der Waals surface area contributed by atoms with Gasteiger partial charge in [-0.3, -0.25) is 14.4 Å². The number of amides is 3. The Balaban J connectivity index is 1.36. The van der Waals surface area contributed by atoms with Crippen molar-refractivity contribution in [1.29, 1.82) is 0 Å². The molecule has 1 aliphatic carbocycles. The second kappa shape index (κ2) is 10.4. The number of alkyl halides is 3. The molecule has 2 aromatic rings. The predicted octanol–water partition coefficient (Wildman–Crippen LogP) is 3.66. The molecule has 4 rings (SSSR count). The summed E-state index contributed by atoms with van der Waals surface area (Å²) in [6.07, 6.45) is 2.47. The van der Waals surface area contributed by atoms with Crippen molar-refractivity contribution in [2.24, 2.45) is 5.92 Å². The van der Waals surface area contributed by atoms with Gasteiger partial charge in [0.15, 0.2) is 11.5 Å². The highest BCUT2D eigenvalue weighted by molar-refractivity contribution is 6.01. The largest absolute Gasteiger partial charge is 0.417 e. The van der Waals surface area contributed by atoms with Gasteiger partial charge in [0.1, 0.15) is 0 Å². The summed E-state index contributed by atoms with van der Waals surface area (Å²) in [6.45, 7) is 0.392. The highest BCUT2D eigenvalue weighted by atomic mass is 19.4. The maximum Gasteiger partial charge on any atom is 0.417 e. The topological polar surface area (TPSA) is 104 Å². The second-order valence-corrected chi connectivity index (χ2v) is 8.81. The Morgan fingerprint density at radius 2 is 1.60 bits per heavy atom. The van der Waals surface area contributed by atoms with Gasteiger partial charge in [-0.25, -0.2) is 9.97 Å². The van der Waals surface area contributed by atoms with Crippen LogP contribution in [0.15, 0.2) is 36.7 Å². The Morgan fingerprint density at radius 3 is 2.29 bits per heavy atom. The third kappa shape index (κ3) is 5.77. The average Bonchev–Trinajstić information content (AvgIpc) is 3.39. The van der Waals surface area contributed by atoms with Crippen molar-refractivity contribution in [3.8, 4) is 0 Å². The lowest BCUT2D eigenvalue weighted by molar-refractivity contribution is -0.138. The van der Waals surface area contributed by atoms with E-state index in [0.29, 0.717) is 12.8 Å². The van der Waals surface area contributed by atoms with Gasteiger partial charge in [-0.1, -0.05) is 25.0 Å². The quantitative estimate of drug-likeness (QED) is 0.667. The molecule has 2 aliphatic rings. The Kier molecular flexibility index (Phi) is 7.32. The highest BCUT2D eigenvalue weighted by Gasteiger charge is 2.36. The van der Waals surface area contributed by atoms with Gasteiger partial charge in [-0.05, 0) is 37.8 Å². The fourth-order valence-electron chi connectivity index (χ4n) is 4.57. The number of piperidine rings is 1. The molecule has 0 spiro atoms. The van der Waals surface area contributed by atoms with E-state index in [-0.39, 0.29) is 48.0 Å². The van der Waals surface area contributed by atoms with E-state index in [1.54, 1.807) is 0 Å². The van der Waals surface area contributed by atoms with Gasteiger partial charge in [-0.2, -0.15) is 13.2 Å². The van der Waals surface area contributed by atoms with E-state index in [9.17, 15) is 27.6 Å². The van der Waals surface area contributed by atoms with E-state index in [2.05, 4.69) is 20.6 Å². The summed E-state index contributed by atoms with van der Waals surface area (Å²) in [5.74, 6) is -1.38. The Labute approximate surface area is 200 Å². The van der Waals surface area contributed by atoms with Gasteiger partial charge in [-0.15, -0.1) is 0 Å². The van der Waals surface area contributed by atoms with Crippen LogP contribution in [0.4, 0.5) is 19.0 Å². The molecule has 0 radical (unpaired) electrons. The summed E-state index contributed by atoms with van der Waals surface area (Å²) in [4.78, 5) is 47.6.